The Labute approximate surface area is 166 Å². The molecule has 2 aliphatic rings. The lowest BCUT2D eigenvalue weighted by Gasteiger charge is -2.36. The van der Waals surface area contributed by atoms with E-state index in [1.165, 1.54) is 37.8 Å². The molecule has 0 unspecified atom stereocenters. The molecule has 2 aromatic rings. The van der Waals surface area contributed by atoms with Crippen LogP contribution in [0.3, 0.4) is 0 Å². The van der Waals surface area contributed by atoms with Crippen LogP contribution in [0.15, 0.2) is 36.4 Å². The maximum atomic E-state index is 12.1. The minimum atomic E-state index is -0.00858. The van der Waals surface area contributed by atoms with Crippen molar-refractivity contribution in [1.29, 1.82) is 0 Å². The summed E-state index contributed by atoms with van der Waals surface area (Å²) in [5.74, 6) is 0.783. The van der Waals surface area contributed by atoms with E-state index in [9.17, 15) is 4.79 Å². The smallest absolute Gasteiger partial charge is 0.223 e. The summed E-state index contributed by atoms with van der Waals surface area (Å²) in [5, 5.41) is 7.63. The topological polar surface area (TPSA) is 59.4 Å². The summed E-state index contributed by atoms with van der Waals surface area (Å²) in [6.07, 6.45) is 7.14. The molecule has 0 saturated heterocycles. The van der Waals surface area contributed by atoms with E-state index in [2.05, 4.69) is 26.1 Å². The second-order valence-electron chi connectivity index (χ2n) is 7.80. The van der Waals surface area contributed by atoms with Gasteiger partial charge in [-0.2, -0.15) is 5.10 Å². The van der Waals surface area contributed by atoms with Gasteiger partial charge in [-0.3, -0.25) is 14.4 Å². The Balaban J connectivity index is 1.22. The number of ether oxygens (including phenoxy) is 1. The fourth-order valence-corrected chi connectivity index (χ4v) is 4.25. The van der Waals surface area contributed by atoms with Crippen molar-refractivity contribution in [1.82, 2.24) is 20.0 Å². The van der Waals surface area contributed by atoms with Gasteiger partial charge >= 0.3 is 0 Å². The minimum Gasteiger partial charge on any atom is -0.493 e. The molecule has 1 fully saturated rings. The summed E-state index contributed by atoms with van der Waals surface area (Å²) in [6.45, 7) is 3.88. The lowest BCUT2D eigenvalue weighted by atomic mass is 9.94. The van der Waals surface area contributed by atoms with Crippen LogP contribution in [0, 0.1) is 0 Å². The molecule has 1 saturated carbocycles. The first kappa shape index (κ1) is 19.0. The molecule has 6 nitrogen and oxygen atoms in total. The molecule has 1 amide bonds. The zero-order valence-electron chi connectivity index (χ0n) is 16.5. The van der Waals surface area contributed by atoms with Gasteiger partial charge in [0, 0.05) is 19.1 Å². The average Bonchev–Trinajstić information content (AvgIpc) is 3.16. The maximum Gasteiger partial charge on any atom is 0.223 e. The molecule has 28 heavy (non-hydrogen) atoms. The number of amides is 1. The van der Waals surface area contributed by atoms with E-state index in [1.807, 2.05) is 30.3 Å². The molecule has 2 heterocycles. The van der Waals surface area contributed by atoms with Crippen molar-refractivity contribution in [2.75, 3.05) is 13.2 Å². The Morgan fingerprint density at radius 1 is 1.14 bits per heavy atom. The third-order valence-electron chi connectivity index (χ3n) is 5.78. The van der Waals surface area contributed by atoms with Crippen molar-refractivity contribution in [2.45, 2.75) is 64.2 Å². The van der Waals surface area contributed by atoms with Crippen molar-refractivity contribution in [2.24, 2.45) is 0 Å². The Morgan fingerprint density at radius 3 is 2.79 bits per heavy atom. The van der Waals surface area contributed by atoms with Crippen LogP contribution in [-0.2, 0) is 24.4 Å². The summed E-state index contributed by atoms with van der Waals surface area (Å²) in [5.41, 5.74) is 2.21. The van der Waals surface area contributed by atoms with Crippen molar-refractivity contribution in [3.8, 4) is 5.75 Å². The van der Waals surface area contributed by atoms with E-state index >= 15 is 0 Å². The summed E-state index contributed by atoms with van der Waals surface area (Å²) in [6, 6.07) is 12.5. The minimum absolute atomic E-state index is 0.00858. The van der Waals surface area contributed by atoms with E-state index in [-0.39, 0.29) is 5.91 Å². The SMILES string of the molecule is O=C(CCOc1ccccc1)NCc1cc2n(n1)CCN(C1CCCCC1)C2. The molecule has 1 aliphatic heterocycles. The van der Waals surface area contributed by atoms with Crippen molar-refractivity contribution < 1.29 is 9.53 Å². The van der Waals surface area contributed by atoms with Gasteiger partial charge in [0.1, 0.15) is 5.75 Å². The van der Waals surface area contributed by atoms with Gasteiger partial charge in [-0.1, -0.05) is 37.5 Å². The maximum absolute atomic E-state index is 12.1. The van der Waals surface area contributed by atoms with Crippen LogP contribution < -0.4 is 10.1 Å². The summed E-state index contributed by atoms with van der Waals surface area (Å²) < 4.78 is 7.69. The number of aromatic nitrogens is 2. The number of para-hydroxylation sites is 1. The number of benzene rings is 1. The molecule has 0 atom stereocenters. The van der Waals surface area contributed by atoms with Crippen LogP contribution in [0.5, 0.6) is 5.75 Å². The van der Waals surface area contributed by atoms with Gasteiger partial charge in [0.2, 0.25) is 5.91 Å². The van der Waals surface area contributed by atoms with Gasteiger partial charge < -0.3 is 10.1 Å². The van der Waals surface area contributed by atoms with Crippen LogP contribution in [-0.4, -0.2) is 39.8 Å². The van der Waals surface area contributed by atoms with Crippen molar-refractivity contribution in [3.63, 3.8) is 0 Å². The first-order chi connectivity index (χ1) is 13.8. The van der Waals surface area contributed by atoms with Crippen LogP contribution in [0.1, 0.15) is 49.9 Å². The zero-order valence-corrected chi connectivity index (χ0v) is 16.5. The van der Waals surface area contributed by atoms with E-state index in [1.54, 1.807) is 0 Å². The predicted octanol–water partition coefficient (Wildman–Crippen LogP) is 3.12. The second kappa shape index (κ2) is 9.24. The second-order valence-corrected chi connectivity index (χ2v) is 7.80. The Hall–Kier alpha value is -2.34. The average molecular weight is 383 g/mol. The van der Waals surface area contributed by atoms with Gasteiger partial charge in [-0.25, -0.2) is 0 Å². The number of nitrogens with one attached hydrogen (secondary N) is 1. The van der Waals surface area contributed by atoms with Crippen LogP contribution >= 0.6 is 0 Å². The number of carbonyl (C=O) groups is 1. The van der Waals surface area contributed by atoms with E-state index in [0.717, 1.165) is 37.1 Å². The lowest BCUT2D eigenvalue weighted by Crippen LogP contribution is -2.42. The molecular weight excluding hydrogens is 352 g/mol. The molecule has 1 aliphatic carbocycles. The fraction of sp³-hybridized carbons (Fsp3) is 0.545. The highest BCUT2D eigenvalue weighted by Gasteiger charge is 2.25. The first-order valence-corrected chi connectivity index (χ1v) is 10.5. The molecule has 150 valence electrons. The van der Waals surface area contributed by atoms with E-state index in [4.69, 9.17) is 4.74 Å². The molecule has 1 N–H and O–H groups in total. The third-order valence-corrected chi connectivity index (χ3v) is 5.78. The molecule has 0 bridgehead atoms. The van der Waals surface area contributed by atoms with Crippen LogP contribution in [0.25, 0.3) is 0 Å². The van der Waals surface area contributed by atoms with E-state index < -0.39 is 0 Å². The highest BCUT2D eigenvalue weighted by molar-refractivity contribution is 5.75. The number of hydrogen-bond acceptors (Lipinski definition) is 4. The molecule has 4 rings (SSSR count). The van der Waals surface area contributed by atoms with E-state index in [0.29, 0.717) is 19.6 Å². The van der Waals surface area contributed by atoms with Gasteiger partial charge in [0.25, 0.3) is 0 Å². The van der Waals surface area contributed by atoms with Crippen molar-refractivity contribution >= 4 is 5.91 Å². The van der Waals surface area contributed by atoms with Crippen LogP contribution in [0.4, 0.5) is 0 Å². The first-order valence-electron chi connectivity index (χ1n) is 10.5. The zero-order chi connectivity index (χ0) is 19.2. The molecular formula is C22H30N4O2. The van der Waals surface area contributed by atoms with Gasteiger partial charge in [-0.05, 0) is 31.0 Å². The number of hydrogen-bond donors (Lipinski definition) is 1. The number of carbonyl (C=O) groups excluding carboxylic acids is 1. The highest BCUT2D eigenvalue weighted by atomic mass is 16.5. The van der Waals surface area contributed by atoms with Gasteiger partial charge in [-0.15, -0.1) is 0 Å². The van der Waals surface area contributed by atoms with Crippen LogP contribution in [0.2, 0.25) is 0 Å². The normalized spacial score (nSPS) is 17.9. The Morgan fingerprint density at radius 2 is 1.96 bits per heavy atom. The summed E-state index contributed by atoms with van der Waals surface area (Å²) in [7, 11) is 0. The third kappa shape index (κ3) is 4.93. The largest absolute Gasteiger partial charge is 0.493 e. The predicted molar refractivity (Wildman–Crippen MR) is 108 cm³/mol. The molecule has 0 spiro atoms. The standard InChI is InChI=1S/C22H30N4O2/c27-22(11-14-28-21-9-5-2-6-10-21)23-16-18-15-20-17-25(12-13-26(20)24-18)19-7-3-1-4-8-19/h2,5-6,9-10,15,19H,1,3-4,7-8,11-14,16-17H2,(H,23,27). The summed E-state index contributed by atoms with van der Waals surface area (Å²) in [4.78, 5) is 14.7. The molecule has 1 aromatic carbocycles. The number of fused-ring (bicyclic) bond motifs is 1. The number of nitrogens with zero attached hydrogens (tertiary/aromatic N) is 3. The van der Waals surface area contributed by atoms with Gasteiger partial charge in [0.15, 0.2) is 0 Å². The quantitative estimate of drug-likeness (QED) is 0.799. The van der Waals surface area contributed by atoms with Crippen molar-refractivity contribution in [3.05, 3.63) is 47.8 Å². The lowest BCUT2D eigenvalue weighted by molar-refractivity contribution is -0.121. The highest BCUT2D eigenvalue weighted by Crippen LogP contribution is 2.26. The monoisotopic (exact) mass is 382 g/mol. The van der Waals surface area contributed by atoms with Gasteiger partial charge in [0.05, 0.1) is 37.5 Å². The molecule has 6 heteroatoms. The Kier molecular flexibility index (Phi) is 6.27. The molecule has 1 aromatic heterocycles. The fourth-order valence-electron chi connectivity index (χ4n) is 4.25. The molecule has 0 radical (unpaired) electrons. The summed E-state index contributed by atoms with van der Waals surface area (Å²) >= 11 is 0. The Bertz CT molecular complexity index is 768. The number of rotatable bonds is 7.